The van der Waals surface area contributed by atoms with Crippen LogP contribution in [0.3, 0.4) is 0 Å². The van der Waals surface area contributed by atoms with E-state index in [2.05, 4.69) is 11.0 Å². The third-order valence-electron chi connectivity index (χ3n) is 6.52. The lowest BCUT2D eigenvalue weighted by Gasteiger charge is -2.44. The zero-order valence-corrected chi connectivity index (χ0v) is 19.2. The molecule has 3 aliphatic rings. The van der Waals surface area contributed by atoms with Gasteiger partial charge in [0.25, 0.3) is 0 Å². The largest absolute Gasteiger partial charge is 0.496 e. The maximum Gasteiger partial charge on any atom is 0.229 e. The number of benzene rings is 1. The second kappa shape index (κ2) is 9.41. The van der Waals surface area contributed by atoms with Crippen LogP contribution in [0.2, 0.25) is 0 Å². The van der Waals surface area contributed by atoms with Crippen molar-refractivity contribution in [2.45, 2.75) is 50.5 Å². The number of carbonyl (C=O) groups excluding carboxylic acids is 1. The predicted molar refractivity (Wildman–Crippen MR) is 119 cm³/mol. The molecule has 1 saturated heterocycles. The van der Waals surface area contributed by atoms with Gasteiger partial charge in [-0.05, 0) is 18.9 Å². The maximum absolute atomic E-state index is 13.2. The quantitative estimate of drug-likeness (QED) is 0.679. The van der Waals surface area contributed by atoms with Crippen molar-refractivity contribution in [3.8, 4) is 23.3 Å². The third-order valence-corrected chi connectivity index (χ3v) is 7.69. The number of nitrogens with zero attached hydrogens (tertiary/aromatic N) is 3. The minimum Gasteiger partial charge on any atom is -0.496 e. The molecular weight excluding hydrogens is 414 g/mol. The maximum atomic E-state index is 13.2. The van der Waals surface area contributed by atoms with Gasteiger partial charge in [0.15, 0.2) is 11.5 Å². The molecule has 0 radical (unpaired) electrons. The summed E-state index contributed by atoms with van der Waals surface area (Å²) in [6.45, 7) is 0.576. The topological polar surface area (TPSA) is 75.0 Å². The zero-order valence-electron chi connectivity index (χ0n) is 18.3. The molecule has 31 heavy (non-hydrogen) atoms. The number of allylic oxidation sites excluding steroid dienone is 1. The van der Waals surface area contributed by atoms with Gasteiger partial charge in [0, 0.05) is 30.0 Å². The number of nitriles is 1. The van der Waals surface area contributed by atoms with Gasteiger partial charge in [-0.25, -0.2) is 0 Å². The molecule has 4 rings (SSSR count). The predicted octanol–water partition coefficient (Wildman–Crippen LogP) is 4.06. The van der Waals surface area contributed by atoms with Gasteiger partial charge in [0.2, 0.25) is 5.91 Å². The van der Waals surface area contributed by atoms with Crippen molar-refractivity contribution in [1.82, 2.24) is 9.80 Å². The summed E-state index contributed by atoms with van der Waals surface area (Å²) in [7, 11) is 4.72. The van der Waals surface area contributed by atoms with Gasteiger partial charge in [-0.15, -0.1) is 0 Å². The number of fused-ring (bicyclic) bond motifs is 1. The summed E-state index contributed by atoms with van der Waals surface area (Å²) in [5, 5.41) is 10.9. The van der Waals surface area contributed by atoms with Crippen LogP contribution in [0.15, 0.2) is 22.7 Å². The Morgan fingerprint density at radius 2 is 1.71 bits per heavy atom. The summed E-state index contributed by atoms with van der Waals surface area (Å²) in [5.41, 5.74) is 1.39. The Balaban J connectivity index is 1.68. The summed E-state index contributed by atoms with van der Waals surface area (Å²) in [6.07, 6.45) is 6.44. The second-order valence-electron chi connectivity index (χ2n) is 8.15. The lowest BCUT2D eigenvalue weighted by molar-refractivity contribution is -0.132. The highest BCUT2D eigenvalue weighted by molar-refractivity contribution is 8.03. The SMILES string of the molecule is COc1cc(OC)c(C2CC(=O)N3CN(C4CCCCC4)CSC3=C2C#N)cc1OC. The number of carbonyl (C=O) groups is 1. The van der Waals surface area contributed by atoms with Gasteiger partial charge in [0.1, 0.15) is 5.75 Å². The van der Waals surface area contributed by atoms with E-state index >= 15 is 0 Å². The van der Waals surface area contributed by atoms with Gasteiger partial charge in [-0.2, -0.15) is 5.26 Å². The Labute approximate surface area is 187 Å². The van der Waals surface area contributed by atoms with Crippen LogP contribution in [0.4, 0.5) is 0 Å². The molecule has 166 valence electrons. The fourth-order valence-corrected chi connectivity index (χ4v) is 6.08. The number of thioether (sulfide) groups is 1. The number of amides is 1. The smallest absolute Gasteiger partial charge is 0.229 e. The normalized spacial score (nSPS) is 22.7. The first-order chi connectivity index (χ1) is 15.1. The standard InChI is InChI=1S/C23H29N3O4S/c1-28-19-11-21(30-3)20(29-2)9-17(19)16-10-22(27)26-13-25(15-7-5-4-6-8-15)14-31-23(26)18(16)12-24/h9,11,15-16H,4-8,10,13-14H2,1-3H3. The molecule has 1 amide bonds. The molecule has 2 heterocycles. The van der Waals surface area contributed by atoms with Crippen molar-refractivity contribution >= 4 is 17.7 Å². The monoisotopic (exact) mass is 443 g/mol. The highest BCUT2D eigenvalue weighted by atomic mass is 32.2. The number of ether oxygens (including phenoxy) is 3. The third kappa shape index (κ3) is 4.09. The summed E-state index contributed by atoms with van der Waals surface area (Å²) < 4.78 is 16.4. The van der Waals surface area contributed by atoms with Crippen LogP contribution in [-0.2, 0) is 4.79 Å². The molecule has 7 nitrogen and oxygen atoms in total. The van der Waals surface area contributed by atoms with Crippen molar-refractivity contribution < 1.29 is 19.0 Å². The van der Waals surface area contributed by atoms with Crippen LogP contribution in [0.1, 0.15) is 50.0 Å². The van der Waals surface area contributed by atoms with E-state index in [4.69, 9.17) is 14.2 Å². The van der Waals surface area contributed by atoms with Crippen LogP contribution < -0.4 is 14.2 Å². The van der Waals surface area contributed by atoms with Crippen LogP contribution in [0, 0.1) is 11.3 Å². The summed E-state index contributed by atoms with van der Waals surface area (Å²) in [5.74, 6) is 2.17. The molecule has 1 aromatic rings. The molecule has 1 unspecified atom stereocenters. The van der Waals surface area contributed by atoms with Gasteiger partial charge in [0.05, 0.1) is 50.5 Å². The molecule has 0 spiro atoms. The van der Waals surface area contributed by atoms with Crippen molar-refractivity contribution in [3.05, 3.63) is 28.3 Å². The number of hydrogen-bond acceptors (Lipinski definition) is 7. The molecular formula is C23H29N3O4S. The lowest BCUT2D eigenvalue weighted by Crippen LogP contribution is -2.51. The molecule has 0 bridgehead atoms. The van der Waals surface area contributed by atoms with Crippen LogP contribution >= 0.6 is 11.8 Å². The number of rotatable bonds is 5. The van der Waals surface area contributed by atoms with Crippen molar-refractivity contribution in [2.24, 2.45) is 0 Å². The Morgan fingerprint density at radius 3 is 2.35 bits per heavy atom. The average Bonchev–Trinajstić information content (AvgIpc) is 2.83. The lowest BCUT2D eigenvalue weighted by atomic mass is 9.85. The van der Waals surface area contributed by atoms with Crippen LogP contribution in [0.5, 0.6) is 17.2 Å². The van der Waals surface area contributed by atoms with Crippen LogP contribution in [-0.4, -0.2) is 55.6 Å². The minimum absolute atomic E-state index is 0.0452. The van der Waals surface area contributed by atoms with Crippen molar-refractivity contribution in [1.29, 1.82) is 5.26 Å². The molecule has 2 aliphatic heterocycles. The fraction of sp³-hybridized carbons (Fsp3) is 0.565. The minimum atomic E-state index is -0.368. The van der Waals surface area contributed by atoms with Gasteiger partial charge >= 0.3 is 0 Å². The van der Waals surface area contributed by atoms with Crippen molar-refractivity contribution in [2.75, 3.05) is 33.9 Å². The average molecular weight is 444 g/mol. The highest BCUT2D eigenvalue weighted by Crippen LogP contribution is 2.47. The van der Waals surface area contributed by atoms with E-state index in [0.29, 0.717) is 35.5 Å². The van der Waals surface area contributed by atoms with E-state index in [1.54, 1.807) is 39.2 Å². The van der Waals surface area contributed by atoms with E-state index in [1.165, 1.54) is 32.1 Å². The Hall–Kier alpha value is -2.37. The fourth-order valence-electron chi connectivity index (χ4n) is 4.84. The first kappa shape index (κ1) is 21.8. The van der Waals surface area contributed by atoms with E-state index in [-0.39, 0.29) is 18.2 Å². The summed E-state index contributed by atoms with van der Waals surface area (Å²) in [4.78, 5) is 17.4. The van der Waals surface area contributed by atoms with Crippen molar-refractivity contribution in [3.63, 3.8) is 0 Å². The highest BCUT2D eigenvalue weighted by Gasteiger charge is 2.40. The molecule has 1 atom stereocenters. The van der Waals surface area contributed by atoms with E-state index in [0.717, 1.165) is 16.5 Å². The number of methoxy groups -OCH3 is 3. The summed E-state index contributed by atoms with van der Waals surface area (Å²) >= 11 is 1.61. The van der Waals surface area contributed by atoms with E-state index in [9.17, 15) is 10.1 Å². The molecule has 2 fully saturated rings. The zero-order chi connectivity index (χ0) is 22.0. The Bertz CT molecular complexity index is 920. The van der Waals surface area contributed by atoms with E-state index < -0.39 is 0 Å². The van der Waals surface area contributed by atoms with Crippen LogP contribution in [0.25, 0.3) is 0 Å². The van der Waals surface area contributed by atoms with Gasteiger partial charge < -0.3 is 14.2 Å². The van der Waals surface area contributed by atoms with Gasteiger partial charge in [-0.3, -0.25) is 14.6 Å². The first-order valence-electron chi connectivity index (χ1n) is 10.7. The molecule has 1 saturated carbocycles. The molecule has 0 aromatic heterocycles. The number of hydrogen-bond donors (Lipinski definition) is 0. The Morgan fingerprint density at radius 1 is 1.03 bits per heavy atom. The first-order valence-corrected chi connectivity index (χ1v) is 11.7. The summed E-state index contributed by atoms with van der Waals surface area (Å²) in [6, 6.07) is 6.51. The molecule has 1 aliphatic carbocycles. The van der Waals surface area contributed by atoms with E-state index in [1.807, 2.05) is 11.0 Å². The Kier molecular flexibility index (Phi) is 6.63. The van der Waals surface area contributed by atoms with Gasteiger partial charge in [-0.1, -0.05) is 31.0 Å². The molecule has 8 heteroatoms. The molecule has 0 N–H and O–H groups in total. The second-order valence-corrected chi connectivity index (χ2v) is 9.09. The molecule has 1 aromatic carbocycles.